The molecule has 0 radical (unpaired) electrons. The Hall–Kier alpha value is -1.33. The maximum Gasteiger partial charge on any atom is 0.239 e. The second-order valence-corrected chi connectivity index (χ2v) is 6.58. The highest BCUT2D eigenvalue weighted by atomic mass is 79.9. The molecule has 1 aromatic heterocycles. The molecule has 1 aliphatic carbocycles. The Morgan fingerprint density at radius 2 is 2.19 bits per heavy atom. The highest BCUT2D eigenvalue weighted by Gasteiger charge is 2.21. The zero-order valence-corrected chi connectivity index (χ0v) is 13.7. The second-order valence-electron chi connectivity index (χ2n) is 5.26. The highest BCUT2D eigenvalue weighted by Crippen LogP contribution is 2.28. The van der Waals surface area contributed by atoms with E-state index in [0.717, 1.165) is 21.9 Å². The van der Waals surface area contributed by atoms with E-state index in [1.165, 1.54) is 12.8 Å². The fraction of sp³-hybridized carbons (Fsp3) is 0.333. The summed E-state index contributed by atoms with van der Waals surface area (Å²) >= 11 is 9.59. The quantitative estimate of drug-likeness (QED) is 0.848. The normalized spacial score (nSPS) is 14.2. The van der Waals surface area contributed by atoms with Gasteiger partial charge in [0.15, 0.2) is 0 Å². The predicted octanol–water partition coefficient (Wildman–Crippen LogP) is 3.59. The van der Waals surface area contributed by atoms with Gasteiger partial charge in [0.1, 0.15) is 5.82 Å². The molecule has 1 aromatic carbocycles. The van der Waals surface area contributed by atoms with Gasteiger partial charge in [0, 0.05) is 16.4 Å². The summed E-state index contributed by atoms with van der Waals surface area (Å²) < 4.78 is 0.918. The molecule has 0 spiro atoms. The van der Waals surface area contributed by atoms with Gasteiger partial charge in [0.25, 0.3) is 0 Å². The van der Waals surface area contributed by atoms with Crippen molar-refractivity contribution in [2.24, 2.45) is 5.92 Å². The zero-order valence-electron chi connectivity index (χ0n) is 11.3. The number of aromatic nitrogens is 1. The third kappa shape index (κ3) is 3.86. The molecule has 1 aliphatic rings. The van der Waals surface area contributed by atoms with Crippen molar-refractivity contribution in [1.82, 2.24) is 10.3 Å². The number of rotatable bonds is 5. The summed E-state index contributed by atoms with van der Waals surface area (Å²) in [4.78, 5) is 16.1. The van der Waals surface area contributed by atoms with Crippen LogP contribution in [-0.4, -0.2) is 24.0 Å². The number of carbonyl (C=O) groups excluding carboxylic acids is 1. The summed E-state index contributed by atoms with van der Waals surface area (Å²) in [6.45, 7) is 1.00. The molecule has 1 fully saturated rings. The molecule has 1 amide bonds. The van der Waals surface area contributed by atoms with E-state index < -0.39 is 0 Å². The lowest BCUT2D eigenvalue weighted by molar-refractivity contribution is -0.119. The van der Waals surface area contributed by atoms with Crippen LogP contribution in [0.25, 0.3) is 10.9 Å². The van der Waals surface area contributed by atoms with E-state index >= 15 is 0 Å². The van der Waals surface area contributed by atoms with E-state index in [1.54, 1.807) is 0 Å². The van der Waals surface area contributed by atoms with Gasteiger partial charge in [-0.15, -0.1) is 0 Å². The van der Waals surface area contributed by atoms with Crippen molar-refractivity contribution in [3.05, 3.63) is 33.8 Å². The SMILES string of the molecule is O=C(CNc1ccc2cc(Br)cc(Cl)c2n1)NCC1CC1. The van der Waals surface area contributed by atoms with Crippen molar-refractivity contribution in [1.29, 1.82) is 0 Å². The van der Waals surface area contributed by atoms with Crippen LogP contribution in [-0.2, 0) is 4.79 Å². The summed E-state index contributed by atoms with van der Waals surface area (Å²) in [5.74, 6) is 1.32. The van der Waals surface area contributed by atoms with E-state index in [1.807, 2.05) is 24.3 Å². The topological polar surface area (TPSA) is 54.0 Å². The van der Waals surface area contributed by atoms with Gasteiger partial charge >= 0.3 is 0 Å². The van der Waals surface area contributed by atoms with E-state index in [2.05, 4.69) is 31.5 Å². The Morgan fingerprint density at radius 3 is 2.95 bits per heavy atom. The Morgan fingerprint density at radius 1 is 1.38 bits per heavy atom. The second kappa shape index (κ2) is 6.20. The molecule has 110 valence electrons. The molecule has 0 saturated heterocycles. The number of nitrogens with one attached hydrogen (secondary N) is 2. The third-order valence-electron chi connectivity index (χ3n) is 3.43. The highest BCUT2D eigenvalue weighted by molar-refractivity contribution is 9.10. The first-order valence-electron chi connectivity index (χ1n) is 6.88. The van der Waals surface area contributed by atoms with Crippen LogP contribution in [0.1, 0.15) is 12.8 Å². The number of benzene rings is 1. The maximum absolute atomic E-state index is 11.7. The van der Waals surface area contributed by atoms with Crippen LogP contribution in [0.15, 0.2) is 28.7 Å². The number of pyridine rings is 1. The predicted molar refractivity (Wildman–Crippen MR) is 88.7 cm³/mol. The van der Waals surface area contributed by atoms with E-state index in [-0.39, 0.29) is 12.5 Å². The van der Waals surface area contributed by atoms with Crippen LogP contribution in [0.4, 0.5) is 5.82 Å². The van der Waals surface area contributed by atoms with Crippen molar-refractivity contribution < 1.29 is 4.79 Å². The Balaban J connectivity index is 1.65. The standard InChI is InChI=1S/C15H15BrClN3O/c16-11-5-10-3-4-13(20-15(10)12(17)6-11)18-8-14(21)19-7-9-1-2-9/h3-6,9H,1-2,7-8H2,(H,18,20)(H,19,21). The Labute approximate surface area is 136 Å². The molecular formula is C15H15BrClN3O. The van der Waals surface area contributed by atoms with Crippen LogP contribution in [0.5, 0.6) is 0 Å². The first kappa shape index (κ1) is 14.6. The Kier molecular flexibility index (Phi) is 4.31. The van der Waals surface area contributed by atoms with Crippen LogP contribution < -0.4 is 10.6 Å². The average Bonchev–Trinajstić information content (AvgIpc) is 3.27. The fourth-order valence-electron chi connectivity index (χ4n) is 2.07. The van der Waals surface area contributed by atoms with Gasteiger partial charge < -0.3 is 10.6 Å². The lowest BCUT2D eigenvalue weighted by atomic mass is 10.2. The number of fused-ring (bicyclic) bond motifs is 1. The molecule has 3 rings (SSSR count). The van der Waals surface area contributed by atoms with Crippen LogP contribution in [0, 0.1) is 5.92 Å². The van der Waals surface area contributed by atoms with Crippen molar-refractivity contribution in [3.8, 4) is 0 Å². The molecule has 1 saturated carbocycles. The van der Waals surface area contributed by atoms with E-state index in [0.29, 0.717) is 16.8 Å². The number of carbonyl (C=O) groups is 1. The number of anilines is 1. The summed E-state index contributed by atoms with van der Waals surface area (Å²) in [5, 5.41) is 7.48. The summed E-state index contributed by atoms with van der Waals surface area (Å²) in [5.41, 5.74) is 0.725. The molecule has 0 atom stereocenters. The molecule has 0 unspecified atom stereocenters. The van der Waals surface area contributed by atoms with Crippen molar-refractivity contribution in [2.75, 3.05) is 18.4 Å². The smallest absolute Gasteiger partial charge is 0.239 e. The molecule has 1 heterocycles. The van der Waals surface area contributed by atoms with Crippen molar-refractivity contribution in [3.63, 3.8) is 0 Å². The van der Waals surface area contributed by atoms with Crippen LogP contribution >= 0.6 is 27.5 Å². The zero-order chi connectivity index (χ0) is 14.8. The number of nitrogens with zero attached hydrogens (tertiary/aromatic N) is 1. The molecule has 6 heteroatoms. The van der Waals surface area contributed by atoms with Gasteiger partial charge in [0.2, 0.25) is 5.91 Å². The molecule has 21 heavy (non-hydrogen) atoms. The minimum Gasteiger partial charge on any atom is -0.361 e. The van der Waals surface area contributed by atoms with Gasteiger partial charge in [-0.3, -0.25) is 4.79 Å². The lowest BCUT2D eigenvalue weighted by Crippen LogP contribution is -2.31. The minimum atomic E-state index is -0.00861. The summed E-state index contributed by atoms with van der Waals surface area (Å²) in [6.07, 6.45) is 2.46. The van der Waals surface area contributed by atoms with Gasteiger partial charge in [0.05, 0.1) is 17.1 Å². The molecule has 2 N–H and O–H groups in total. The van der Waals surface area contributed by atoms with Crippen molar-refractivity contribution in [2.45, 2.75) is 12.8 Å². The number of hydrogen-bond donors (Lipinski definition) is 2. The lowest BCUT2D eigenvalue weighted by Gasteiger charge is -2.08. The van der Waals surface area contributed by atoms with Crippen molar-refractivity contribution >= 4 is 50.2 Å². The number of hydrogen-bond acceptors (Lipinski definition) is 3. The van der Waals surface area contributed by atoms with Gasteiger partial charge in [-0.25, -0.2) is 4.98 Å². The van der Waals surface area contributed by atoms with Gasteiger partial charge in [-0.1, -0.05) is 27.5 Å². The first-order chi connectivity index (χ1) is 10.1. The fourth-order valence-corrected chi connectivity index (χ4v) is 2.95. The van der Waals surface area contributed by atoms with Gasteiger partial charge in [-0.2, -0.15) is 0 Å². The van der Waals surface area contributed by atoms with Gasteiger partial charge in [-0.05, 0) is 43.0 Å². The number of halogens is 2. The van der Waals surface area contributed by atoms with E-state index in [4.69, 9.17) is 11.6 Å². The Bertz CT molecular complexity index is 688. The molecule has 0 bridgehead atoms. The third-order valence-corrected chi connectivity index (χ3v) is 4.17. The number of amides is 1. The van der Waals surface area contributed by atoms with E-state index in [9.17, 15) is 4.79 Å². The largest absolute Gasteiger partial charge is 0.361 e. The summed E-state index contributed by atoms with van der Waals surface area (Å²) in [7, 11) is 0. The molecular weight excluding hydrogens is 354 g/mol. The van der Waals surface area contributed by atoms with Crippen LogP contribution in [0.3, 0.4) is 0 Å². The maximum atomic E-state index is 11.7. The average molecular weight is 369 g/mol. The summed E-state index contributed by atoms with van der Waals surface area (Å²) in [6, 6.07) is 7.55. The first-order valence-corrected chi connectivity index (χ1v) is 8.05. The molecule has 0 aliphatic heterocycles. The molecule has 4 nitrogen and oxygen atoms in total. The minimum absolute atomic E-state index is 0.00861. The molecule has 2 aromatic rings. The van der Waals surface area contributed by atoms with Crippen LogP contribution in [0.2, 0.25) is 5.02 Å². The monoisotopic (exact) mass is 367 g/mol.